The van der Waals surface area contributed by atoms with Gasteiger partial charge in [0.25, 0.3) is 5.91 Å². The number of piperidine rings is 1. The summed E-state index contributed by atoms with van der Waals surface area (Å²) in [5, 5.41) is 4.81. The van der Waals surface area contributed by atoms with E-state index in [1.54, 1.807) is 0 Å². The number of likely N-dealkylation sites (tertiary alicyclic amines) is 1. The Labute approximate surface area is 172 Å². The Bertz CT molecular complexity index is 894. The molecule has 0 radical (unpaired) electrons. The number of aromatic nitrogens is 2. The molecule has 148 valence electrons. The molecule has 1 amide bonds. The monoisotopic (exact) mass is 445 g/mol. The summed E-state index contributed by atoms with van der Waals surface area (Å²) >= 11 is 3.54. The molecule has 1 aromatic heterocycles. The quantitative estimate of drug-likeness (QED) is 0.709. The van der Waals surface area contributed by atoms with E-state index in [1.807, 2.05) is 27.8 Å². The lowest BCUT2D eigenvalue weighted by atomic mass is 9.94. The van der Waals surface area contributed by atoms with Crippen molar-refractivity contribution in [1.29, 1.82) is 0 Å². The van der Waals surface area contributed by atoms with Crippen LogP contribution in [0, 0.1) is 0 Å². The number of nitrogens with zero attached hydrogens (tertiary/aromatic N) is 3. The van der Waals surface area contributed by atoms with Crippen molar-refractivity contribution >= 4 is 21.8 Å². The molecule has 28 heavy (non-hydrogen) atoms. The van der Waals surface area contributed by atoms with Crippen molar-refractivity contribution in [1.82, 2.24) is 14.7 Å². The standard InChI is InChI=1S/C21H24BrN3O3/c22-15-4-3-5-16(14-15)25-18-7-2-1-6-17(18)19(23-25)20(26)24-10-8-21(9-11-24)27-12-13-28-21/h3-5,14H,1-2,6-13H2. The molecular weight excluding hydrogens is 422 g/mol. The van der Waals surface area contributed by atoms with E-state index >= 15 is 0 Å². The molecule has 1 spiro atoms. The van der Waals surface area contributed by atoms with E-state index in [1.165, 1.54) is 5.69 Å². The second-order valence-electron chi connectivity index (χ2n) is 7.77. The lowest BCUT2D eigenvalue weighted by Gasteiger charge is -2.37. The van der Waals surface area contributed by atoms with Crippen molar-refractivity contribution in [2.24, 2.45) is 0 Å². The Morgan fingerprint density at radius 3 is 2.61 bits per heavy atom. The number of halogens is 1. The molecule has 0 bridgehead atoms. The number of hydrogen-bond donors (Lipinski definition) is 0. The molecule has 2 saturated heterocycles. The Hall–Kier alpha value is -1.70. The average Bonchev–Trinajstić information content (AvgIpc) is 3.33. The molecule has 0 unspecified atom stereocenters. The molecule has 2 aliphatic heterocycles. The maximum atomic E-state index is 13.3. The molecule has 2 fully saturated rings. The summed E-state index contributed by atoms with van der Waals surface area (Å²) in [7, 11) is 0. The Morgan fingerprint density at radius 1 is 1.11 bits per heavy atom. The second-order valence-corrected chi connectivity index (χ2v) is 8.69. The van der Waals surface area contributed by atoms with Gasteiger partial charge in [-0.05, 0) is 43.9 Å². The zero-order valence-corrected chi connectivity index (χ0v) is 17.4. The van der Waals surface area contributed by atoms with Gasteiger partial charge >= 0.3 is 0 Å². The SMILES string of the molecule is O=C(c1nn(-c2cccc(Br)c2)c2c1CCCC2)N1CCC2(CC1)OCCO2. The summed E-state index contributed by atoms with van der Waals surface area (Å²) in [5.74, 6) is -0.425. The molecule has 0 N–H and O–H groups in total. The zero-order valence-electron chi connectivity index (χ0n) is 15.8. The summed E-state index contributed by atoms with van der Waals surface area (Å²) < 4.78 is 14.6. The lowest BCUT2D eigenvalue weighted by molar-refractivity contribution is -0.181. The average molecular weight is 446 g/mol. The van der Waals surface area contributed by atoms with Crippen molar-refractivity contribution in [3.8, 4) is 5.69 Å². The molecular formula is C21H24BrN3O3. The van der Waals surface area contributed by atoms with Crippen molar-refractivity contribution in [2.75, 3.05) is 26.3 Å². The summed E-state index contributed by atoms with van der Waals surface area (Å²) in [6.45, 7) is 2.60. The van der Waals surface area contributed by atoms with E-state index in [0.29, 0.717) is 32.0 Å². The number of rotatable bonds is 2. The van der Waals surface area contributed by atoms with E-state index < -0.39 is 5.79 Å². The van der Waals surface area contributed by atoms with E-state index in [4.69, 9.17) is 14.6 Å². The highest BCUT2D eigenvalue weighted by Crippen LogP contribution is 2.33. The van der Waals surface area contributed by atoms with E-state index in [-0.39, 0.29) is 5.91 Å². The highest BCUT2D eigenvalue weighted by atomic mass is 79.9. The van der Waals surface area contributed by atoms with Gasteiger partial charge < -0.3 is 14.4 Å². The van der Waals surface area contributed by atoms with Gasteiger partial charge in [-0.2, -0.15) is 5.10 Å². The topological polar surface area (TPSA) is 56.6 Å². The van der Waals surface area contributed by atoms with Crippen LogP contribution < -0.4 is 0 Å². The predicted molar refractivity (Wildman–Crippen MR) is 108 cm³/mol. The second kappa shape index (κ2) is 7.28. The van der Waals surface area contributed by atoms with Crippen LogP contribution in [-0.4, -0.2) is 52.7 Å². The van der Waals surface area contributed by atoms with Gasteiger partial charge in [0, 0.05) is 41.7 Å². The molecule has 2 aromatic rings. The number of fused-ring (bicyclic) bond motifs is 1. The van der Waals surface area contributed by atoms with Crippen molar-refractivity contribution in [2.45, 2.75) is 44.3 Å². The fourth-order valence-electron chi connectivity index (χ4n) is 4.58. The Kier molecular flexibility index (Phi) is 4.77. The number of amides is 1. The first kappa shape index (κ1) is 18.3. The van der Waals surface area contributed by atoms with Crippen molar-refractivity contribution in [3.63, 3.8) is 0 Å². The summed E-state index contributed by atoms with van der Waals surface area (Å²) in [6.07, 6.45) is 5.60. The van der Waals surface area contributed by atoms with Gasteiger partial charge in [-0.3, -0.25) is 4.79 Å². The van der Waals surface area contributed by atoms with E-state index in [2.05, 4.69) is 22.0 Å². The largest absolute Gasteiger partial charge is 0.347 e. The van der Waals surface area contributed by atoms with Gasteiger partial charge in [-0.25, -0.2) is 4.68 Å². The molecule has 5 rings (SSSR count). The lowest BCUT2D eigenvalue weighted by Crippen LogP contribution is -2.47. The molecule has 1 aromatic carbocycles. The third kappa shape index (κ3) is 3.19. The van der Waals surface area contributed by atoms with Crippen LogP contribution in [0.2, 0.25) is 0 Å². The summed E-state index contributed by atoms with van der Waals surface area (Å²) in [6, 6.07) is 8.10. The van der Waals surface area contributed by atoms with Crippen LogP contribution in [-0.2, 0) is 22.3 Å². The van der Waals surface area contributed by atoms with Gasteiger partial charge in [-0.1, -0.05) is 22.0 Å². The van der Waals surface area contributed by atoms with Crippen LogP contribution in [0.25, 0.3) is 5.69 Å². The van der Waals surface area contributed by atoms with Crippen molar-refractivity contribution in [3.05, 3.63) is 45.7 Å². The summed E-state index contributed by atoms with van der Waals surface area (Å²) in [4.78, 5) is 15.3. The van der Waals surface area contributed by atoms with Crippen LogP contribution in [0.15, 0.2) is 28.7 Å². The van der Waals surface area contributed by atoms with Gasteiger partial charge in [0.2, 0.25) is 0 Å². The number of ether oxygens (including phenoxy) is 2. The number of hydrogen-bond acceptors (Lipinski definition) is 4. The first-order valence-corrected chi connectivity index (χ1v) is 10.9. The number of carbonyl (C=O) groups is 1. The minimum atomic E-state index is -0.466. The number of carbonyl (C=O) groups excluding carboxylic acids is 1. The Morgan fingerprint density at radius 2 is 1.86 bits per heavy atom. The molecule has 1 aliphatic carbocycles. The normalized spacial score (nSPS) is 21.1. The molecule has 0 atom stereocenters. The van der Waals surface area contributed by atoms with Gasteiger partial charge in [-0.15, -0.1) is 0 Å². The third-order valence-electron chi connectivity index (χ3n) is 6.06. The van der Waals surface area contributed by atoms with Gasteiger partial charge in [0.1, 0.15) is 0 Å². The van der Waals surface area contributed by atoms with Crippen molar-refractivity contribution < 1.29 is 14.3 Å². The summed E-state index contributed by atoms with van der Waals surface area (Å²) in [5.41, 5.74) is 3.93. The highest BCUT2D eigenvalue weighted by Gasteiger charge is 2.41. The van der Waals surface area contributed by atoms with Gasteiger partial charge in [0.05, 0.1) is 18.9 Å². The van der Waals surface area contributed by atoms with Crippen LogP contribution in [0.1, 0.15) is 47.4 Å². The first-order chi connectivity index (χ1) is 13.7. The molecule has 6 nitrogen and oxygen atoms in total. The smallest absolute Gasteiger partial charge is 0.274 e. The molecule has 0 saturated carbocycles. The van der Waals surface area contributed by atoms with E-state index in [9.17, 15) is 4.79 Å². The van der Waals surface area contributed by atoms with Crippen LogP contribution in [0.3, 0.4) is 0 Å². The Balaban J connectivity index is 1.44. The number of benzene rings is 1. The van der Waals surface area contributed by atoms with Crippen LogP contribution in [0.4, 0.5) is 0 Å². The maximum absolute atomic E-state index is 13.3. The molecule has 7 heteroatoms. The maximum Gasteiger partial charge on any atom is 0.274 e. The molecule has 3 aliphatic rings. The zero-order chi connectivity index (χ0) is 19.1. The fraction of sp³-hybridized carbons (Fsp3) is 0.524. The van der Waals surface area contributed by atoms with E-state index in [0.717, 1.165) is 54.2 Å². The predicted octanol–water partition coefficient (Wildman–Crippen LogP) is 3.49. The fourth-order valence-corrected chi connectivity index (χ4v) is 4.97. The highest BCUT2D eigenvalue weighted by molar-refractivity contribution is 9.10. The molecule has 3 heterocycles. The third-order valence-corrected chi connectivity index (χ3v) is 6.55. The minimum Gasteiger partial charge on any atom is -0.347 e. The van der Waals surface area contributed by atoms with Crippen LogP contribution >= 0.6 is 15.9 Å². The van der Waals surface area contributed by atoms with Gasteiger partial charge in [0.15, 0.2) is 11.5 Å². The van der Waals surface area contributed by atoms with Crippen LogP contribution in [0.5, 0.6) is 0 Å². The minimum absolute atomic E-state index is 0.0414. The first-order valence-electron chi connectivity index (χ1n) is 10.1.